The zero-order chi connectivity index (χ0) is 9.68. The van der Waals surface area contributed by atoms with Crippen LogP contribution in [0.1, 0.15) is 15.9 Å². The average molecular weight is 188 g/mol. The van der Waals surface area contributed by atoms with Crippen LogP contribution in [0.3, 0.4) is 0 Å². The molecule has 2 radical (unpaired) electrons. The Balaban J connectivity index is 3.12. The summed E-state index contributed by atoms with van der Waals surface area (Å²) in [5.74, 6) is 1.90. The normalized spacial score (nSPS) is 8.69. The van der Waals surface area contributed by atoms with Crippen molar-refractivity contribution in [3.05, 3.63) is 35.4 Å². The number of benzene rings is 1. The Kier molecular flexibility index (Phi) is 3.29. The maximum absolute atomic E-state index is 10.7. The van der Waals surface area contributed by atoms with Gasteiger partial charge in [0.1, 0.15) is 9.52 Å². The molecule has 0 spiro atoms. The highest BCUT2D eigenvalue weighted by Crippen LogP contribution is 2.06. The van der Waals surface area contributed by atoms with Crippen molar-refractivity contribution in [2.24, 2.45) is 0 Å². The molecule has 1 rings (SSSR count). The van der Waals surface area contributed by atoms with Gasteiger partial charge in [-0.25, -0.2) is 4.79 Å². The number of rotatable bonds is 1. The van der Waals surface area contributed by atoms with Crippen molar-refractivity contribution in [2.45, 2.75) is 6.55 Å². The van der Waals surface area contributed by atoms with Crippen LogP contribution in [0.5, 0.6) is 0 Å². The summed E-state index contributed by atoms with van der Waals surface area (Å²) in [6, 6.07) is 6.76. The summed E-state index contributed by atoms with van der Waals surface area (Å²) in [6.45, 7) is 1.95. The Labute approximate surface area is 79.4 Å². The Bertz CT molecular complexity index is 374. The van der Waals surface area contributed by atoms with E-state index in [0.717, 1.165) is 0 Å². The fraction of sp³-hybridized carbons (Fsp3) is 0.100. The molecule has 0 aromatic heterocycles. The number of carboxylic acids is 1. The first-order valence-electron chi connectivity index (χ1n) is 3.76. The highest BCUT2D eigenvalue weighted by Gasteiger charge is 2.05. The fourth-order valence-electron chi connectivity index (χ4n) is 0.908. The highest BCUT2D eigenvalue weighted by atomic mass is 28.2. The van der Waals surface area contributed by atoms with E-state index in [9.17, 15) is 4.79 Å². The van der Waals surface area contributed by atoms with Crippen LogP contribution in [0.15, 0.2) is 24.3 Å². The predicted octanol–water partition coefficient (Wildman–Crippen LogP) is 1.45. The second-order valence-corrected chi connectivity index (χ2v) is 3.10. The van der Waals surface area contributed by atoms with Crippen molar-refractivity contribution >= 4 is 15.5 Å². The lowest BCUT2D eigenvalue weighted by Gasteiger charge is -1.96. The van der Waals surface area contributed by atoms with E-state index in [4.69, 9.17) is 5.11 Å². The molecule has 0 bridgehead atoms. The van der Waals surface area contributed by atoms with Gasteiger partial charge in [0.25, 0.3) is 0 Å². The zero-order valence-corrected chi connectivity index (χ0v) is 8.16. The third kappa shape index (κ3) is 2.46. The van der Waals surface area contributed by atoms with Gasteiger partial charge < -0.3 is 5.11 Å². The first-order valence-corrected chi connectivity index (χ1v) is 5.26. The van der Waals surface area contributed by atoms with Crippen molar-refractivity contribution in [3.8, 4) is 11.5 Å². The minimum absolute atomic E-state index is 0.272. The van der Waals surface area contributed by atoms with E-state index in [-0.39, 0.29) is 5.56 Å². The second kappa shape index (κ2) is 4.48. The van der Waals surface area contributed by atoms with Gasteiger partial charge in [-0.1, -0.05) is 24.6 Å². The van der Waals surface area contributed by atoms with Gasteiger partial charge in [0, 0.05) is 5.56 Å². The summed E-state index contributed by atoms with van der Waals surface area (Å²) in [7, 11) is 0.519. The first-order chi connectivity index (χ1) is 6.25. The standard InChI is InChI=1S/C10H8O2Si/c1-13-7-6-8-4-2-3-5-9(8)10(11)12/h2-5H,1H3,(H,11,12). The van der Waals surface area contributed by atoms with Crippen molar-refractivity contribution in [3.63, 3.8) is 0 Å². The molecular formula is C10H8O2Si. The molecule has 0 unspecified atom stereocenters. The lowest BCUT2D eigenvalue weighted by Crippen LogP contribution is -1.99. The maximum Gasteiger partial charge on any atom is 0.336 e. The van der Waals surface area contributed by atoms with Crippen LogP contribution in [0.25, 0.3) is 0 Å². The molecule has 0 amide bonds. The van der Waals surface area contributed by atoms with E-state index in [1.165, 1.54) is 0 Å². The van der Waals surface area contributed by atoms with E-state index < -0.39 is 5.97 Å². The van der Waals surface area contributed by atoms with E-state index in [2.05, 4.69) is 11.5 Å². The molecule has 2 nitrogen and oxygen atoms in total. The molecule has 0 saturated heterocycles. The van der Waals surface area contributed by atoms with Gasteiger partial charge in [-0.15, -0.1) is 5.54 Å². The zero-order valence-electron chi connectivity index (χ0n) is 7.16. The number of hydrogen-bond donors (Lipinski definition) is 1. The molecule has 1 aromatic rings. The van der Waals surface area contributed by atoms with Crippen molar-refractivity contribution in [2.75, 3.05) is 0 Å². The highest BCUT2D eigenvalue weighted by molar-refractivity contribution is 6.44. The molecule has 64 valence electrons. The van der Waals surface area contributed by atoms with Crippen LogP contribution in [0.4, 0.5) is 0 Å². The molecule has 3 heteroatoms. The second-order valence-electron chi connectivity index (χ2n) is 2.35. The topological polar surface area (TPSA) is 37.3 Å². The van der Waals surface area contributed by atoms with Crippen LogP contribution in [-0.4, -0.2) is 20.6 Å². The predicted molar refractivity (Wildman–Crippen MR) is 51.9 cm³/mol. The number of carboxylic acid groups (broad SMARTS) is 1. The van der Waals surface area contributed by atoms with Crippen LogP contribution in [0, 0.1) is 11.5 Å². The van der Waals surface area contributed by atoms with Crippen molar-refractivity contribution < 1.29 is 9.90 Å². The van der Waals surface area contributed by atoms with E-state index >= 15 is 0 Å². The maximum atomic E-state index is 10.7. The van der Waals surface area contributed by atoms with Crippen LogP contribution < -0.4 is 0 Å². The van der Waals surface area contributed by atoms with Crippen LogP contribution in [0.2, 0.25) is 6.55 Å². The molecule has 0 atom stereocenters. The van der Waals surface area contributed by atoms with Gasteiger partial charge in [0.2, 0.25) is 0 Å². The molecule has 0 saturated carbocycles. The van der Waals surface area contributed by atoms with Gasteiger partial charge in [-0.3, -0.25) is 0 Å². The number of hydrogen-bond acceptors (Lipinski definition) is 1. The summed E-state index contributed by atoms with van der Waals surface area (Å²) in [4.78, 5) is 10.7. The van der Waals surface area contributed by atoms with Crippen molar-refractivity contribution in [1.29, 1.82) is 0 Å². The lowest BCUT2D eigenvalue weighted by atomic mass is 10.1. The third-order valence-electron chi connectivity index (χ3n) is 1.48. The van der Waals surface area contributed by atoms with Crippen LogP contribution in [-0.2, 0) is 0 Å². The molecule has 0 aliphatic rings. The Morgan fingerprint density at radius 1 is 1.46 bits per heavy atom. The summed E-state index contributed by atoms with van der Waals surface area (Å²) in [5.41, 5.74) is 3.73. The molecule has 0 heterocycles. The summed E-state index contributed by atoms with van der Waals surface area (Å²) < 4.78 is 0. The Morgan fingerprint density at radius 2 is 2.15 bits per heavy atom. The monoisotopic (exact) mass is 188 g/mol. The largest absolute Gasteiger partial charge is 0.478 e. The molecule has 1 N–H and O–H groups in total. The third-order valence-corrected chi connectivity index (χ3v) is 1.85. The molecule has 0 fully saturated rings. The smallest absolute Gasteiger partial charge is 0.336 e. The van der Waals surface area contributed by atoms with Gasteiger partial charge in [0.05, 0.1) is 5.56 Å². The quantitative estimate of drug-likeness (QED) is 0.535. The van der Waals surface area contributed by atoms with Gasteiger partial charge in [0.15, 0.2) is 0 Å². The van der Waals surface area contributed by atoms with Gasteiger partial charge >= 0.3 is 5.97 Å². The molecule has 0 aliphatic carbocycles. The van der Waals surface area contributed by atoms with Gasteiger partial charge in [-0.05, 0) is 12.1 Å². The van der Waals surface area contributed by atoms with Crippen LogP contribution >= 0.6 is 0 Å². The lowest BCUT2D eigenvalue weighted by molar-refractivity contribution is 0.0696. The van der Waals surface area contributed by atoms with Crippen molar-refractivity contribution in [1.82, 2.24) is 0 Å². The Hall–Kier alpha value is -1.53. The number of carbonyl (C=O) groups is 1. The molecular weight excluding hydrogens is 180 g/mol. The molecule has 0 aliphatic heterocycles. The minimum Gasteiger partial charge on any atom is -0.478 e. The Morgan fingerprint density at radius 3 is 2.77 bits per heavy atom. The van der Waals surface area contributed by atoms with E-state index in [1.54, 1.807) is 24.3 Å². The van der Waals surface area contributed by atoms with Gasteiger partial charge in [-0.2, -0.15) is 0 Å². The summed E-state index contributed by atoms with van der Waals surface area (Å²) in [5, 5.41) is 8.80. The van der Waals surface area contributed by atoms with E-state index in [1.807, 2.05) is 6.55 Å². The average Bonchev–Trinajstić information content (AvgIpc) is 2.15. The minimum atomic E-state index is -0.927. The summed E-state index contributed by atoms with van der Waals surface area (Å²) in [6.07, 6.45) is 0. The fourth-order valence-corrected chi connectivity index (χ4v) is 1.17. The molecule has 13 heavy (non-hydrogen) atoms. The first kappa shape index (κ1) is 9.55. The summed E-state index contributed by atoms with van der Waals surface area (Å²) >= 11 is 0. The SMILES string of the molecule is C[Si]C#Cc1ccccc1C(=O)O. The number of aromatic carboxylic acids is 1. The van der Waals surface area contributed by atoms with E-state index in [0.29, 0.717) is 15.1 Å². The molecule has 1 aromatic carbocycles.